The minimum absolute atomic E-state index is 0.250. The second-order valence-corrected chi connectivity index (χ2v) is 5.14. The van der Waals surface area contributed by atoms with Gasteiger partial charge in [-0.3, -0.25) is 0 Å². The molecule has 19 heavy (non-hydrogen) atoms. The van der Waals surface area contributed by atoms with Crippen LogP contribution in [0.25, 0.3) is 0 Å². The van der Waals surface area contributed by atoms with E-state index in [1.807, 2.05) is 0 Å². The van der Waals surface area contributed by atoms with Crippen LogP contribution in [0.5, 0.6) is 0 Å². The first kappa shape index (κ1) is 15.4. The number of hydrogen-bond donors (Lipinski definition) is 3. The summed E-state index contributed by atoms with van der Waals surface area (Å²) in [5.74, 6) is -1.80. The molecule has 2 amide bonds. The summed E-state index contributed by atoms with van der Waals surface area (Å²) in [7, 11) is 0. The van der Waals surface area contributed by atoms with Gasteiger partial charge in [0.1, 0.15) is 11.9 Å². The monoisotopic (exact) mass is 332 g/mol. The molecule has 1 unspecified atom stereocenters. The summed E-state index contributed by atoms with van der Waals surface area (Å²) in [4.78, 5) is 22.6. The molecule has 0 heterocycles. The third kappa shape index (κ3) is 4.51. The topological polar surface area (TPSA) is 78.4 Å². The molecule has 0 aromatic heterocycles. The number of aliphatic carboxylic acids is 1. The minimum Gasteiger partial charge on any atom is -0.480 e. The van der Waals surface area contributed by atoms with E-state index < -0.39 is 23.9 Å². The summed E-state index contributed by atoms with van der Waals surface area (Å²) < 4.78 is 13.2. The highest BCUT2D eigenvalue weighted by Gasteiger charge is 2.23. The first-order chi connectivity index (χ1) is 8.81. The lowest BCUT2D eigenvalue weighted by Gasteiger charge is -2.18. The molecular weight excluding hydrogens is 319 g/mol. The standard InChI is InChI=1S/C12H14BrFN2O3/c1-6(2)10(11(17)18)16-12(19)15-9-4-3-7(14)5-8(9)13/h3-6,10H,1-2H3,(H,17,18)(H2,15,16,19). The number of hydrogen-bond acceptors (Lipinski definition) is 2. The van der Waals surface area contributed by atoms with Crippen LogP contribution in [0, 0.1) is 11.7 Å². The zero-order valence-corrected chi connectivity index (χ0v) is 12.0. The minimum atomic E-state index is -1.11. The predicted molar refractivity (Wildman–Crippen MR) is 72.5 cm³/mol. The first-order valence-electron chi connectivity index (χ1n) is 5.56. The number of carboxylic acids is 1. The van der Waals surface area contributed by atoms with E-state index in [2.05, 4.69) is 26.6 Å². The molecule has 0 radical (unpaired) electrons. The Hall–Kier alpha value is -1.63. The Balaban J connectivity index is 2.72. The molecule has 1 rings (SSSR count). The zero-order valence-electron chi connectivity index (χ0n) is 10.4. The normalized spacial score (nSPS) is 12.1. The Morgan fingerprint density at radius 1 is 1.37 bits per heavy atom. The molecule has 0 aliphatic rings. The molecule has 3 N–H and O–H groups in total. The summed E-state index contributed by atoms with van der Waals surface area (Å²) in [6.07, 6.45) is 0. The summed E-state index contributed by atoms with van der Waals surface area (Å²) in [6.45, 7) is 3.37. The van der Waals surface area contributed by atoms with Crippen LogP contribution in [-0.2, 0) is 4.79 Å². The molecule has 7 heteroatoms. The fourth-order valence-electron chi connectivity index (χ4n) is 1.40. The van der Waals surface area contributed by atoms with Crippen LogP contribution in [0.4, 0.5) is 14.9 Å². The van der Waals surface area contributed by atoms with E-state index in [4.69, 9.17) is 5.11 Å². The molecule has 1 atom stereocenters. The van der Waals surface area contributed by atoms with Gasteiger partial charge in [0, 0.05) is 4.47 Å². The smallest absolute Gasteiger partial charge is 0.326 e. The molecule has 0 spiro atoms. The molecule has 1 aromatic carbocycles. The molecule has 0 bridgehead atoms. The van der Waals surface area contributed by atoms with Crippen molar-refractivity contribution in [2.24, 2.45) is 5.92 Å². The van der Waals surface area contributed by atoms with Crippen molar-refractivity contribution in [2.75, 3.05) is 5.32 Å². The Morgan fingerprint density at radius 3 is 2.47 bits per heavy atom. The lowest BCUT2D eigenvalue weighted by atomic mass is 10.1. The van der Waals surface area contributed by atoms with Gasteiger partial charge in [-0.15, -0.1) is 0 Å². The Kier molecular flexibility index (Phi) is 5.29. The van der Waals surface area contributed by atoms with Crippen LogP contribution in [0.2, 0.25) is 0 Å². The lowest BCUT2D eigenvalue weighted by Crippen LogP contribution is -2.46. The van der Waals surface area contributed by atoms with Crippen molar-refractivity contribution in [3.05, 3.63) is 28.5 Å². The van der Waals surface area contributed by atoms with Gasteiger partial charge in [0.05, 0.1) is 5.69 Å². The number of nitrogens with one attached hydrogen (secondary N) is 2. The molecule has 0 aliphatic heterocycles. The highest BCUT2D eigenvalue weighted by Crippen LogP contribution is 2.22. The van der Waals surface area contributed by atoms with Gasteiger partial charge in [-0.25, -0.2) is 14.0 Å². The van der Waals surface area contributed by atoms with Crippen molar-refractivity contribution < 1.29 is 19.1 Å². The van der Waals surface area contributed by atoms with Gasteiger partial charge < -0.3 is 15.7 Å². The van der Waals surface area contributed by atoms with Crippen LogP contribution in [0.15, 0.2) is 22.7 Å². The largest absolute Gasteiger partial charge is 0.480 e. The number of carbonyl (C=O) groups is 2. The number of carboxylic acid groups (broad SMARTS) is 1. The van der Waals surface area contributed by atoms with Crippen molar-refractivity contribution in [1.82, 2.24) is 5.32 Å². The average molecular weight is 333 g/mol. The predicted octanol–water partition coefficient (Wildman–Crippen LogP) is 2.82. The molecular formula is C12H14BrFN2O3. The van der Waals surface area contributed by atoms with E-state index >= 15 is 0 Å². The lowest BCUT2D eigenvalue weighted by molar-refractivity contribution is -0.140. The van der Waals surface area contributed by atoms with Crippen LogP contribution in [0.1, 0.15) is 13.8 Å². The number of amides is 2. The number of halogens is 2. The number of anilines is 1. The van der Waals surface area contributed by atoms with Crippen molar-refractivity contribution in [1.29, 1.82) is 0 Å². The SMILES string of the molecule is CC(C)C(NC(=O)Nc1ccc(F)cc1Br)C(=O)O. The third-order valence-corrected chi connectivity index (χ3v) is 3.05. The molecule has 1 aromatic rings. The summed E-state index contributed by atoms with van der Waals surface area (Å²) in [5.41, 5.74) is 0.354. The van der Waals surface area contributed by atoms with Gasteiger partial charge in [0.15, 0.2) is 0 Å². The highest BCUT2D eigenvalue weighted by atomic mass is 79.9. The second kappa shape index (κ2) is 6.51. The van der Waals surface area contributed by atoms with Gasteiger partial charge in [0.25, 0.3) is 0 Å². The maximum Gasteiger partial charge on any atom is 0.326 e. The maximum absolute atomic E-state index is 12.9. The van der Waals surface area contributed by atoms with E-state index in [0.717, 1.165) is 0 Å². The second-order valence-electron chi connectivity index (χ2n) is 4.28. The number of urea groups is 1. The van der Waals surface area contributed by atoms with E-state index in [1.54, 1.807) is 13.8 Å². The average Bonchev–Trinajstić information content (AvgIpc) is 2.29. The van der Waals surface area contributed by atoms with E-state index in [-0.39, 0.29) is 5.92 Å². The number of carbonyl (C=O) groups excluding carboxylic acids is 1. The van der Waals surface area contributed by atoms with E-state index in [1.165, 1.54) is 18.2 Å². The summed E-state index contributed by atoms with van der Waals surface area (Å²) in [6, 6.07) is 2.13. The Labute approximate surface area is 118 Å². The van der Waals surface area contributed by atoms with E-state index in [0.29, 0.717) is 10.2 Å². The maximum atomic E-state index is 12.9. The van der Waals surface area contributed by atoms with Gasteiger partial charge in [-0.05, 0) is 40.0 Å². The highest BCUT2D eigenvalue weighted by molar-refractivity contribution is 9.10. The molecule has 0 aliphatic carbocycles. The van der Waals surface area contributed by atoms with Crippen molar-refractivity contribution in [3.63, 3.8) is 0 Å². The van der Waals surface area contributed by atoms with Crippen LogP contribution in [-0.4, -0.2) is 23.1 Å². The van der Waals surface area contributed by atoms with Gasteiger partial charge in [0.2, 0.25) is 0 Å². The Morgan fingerprint density at radius 2 is 2.00 bits per heavy atom. The quantitative estimate of drug-likeness (QED) is 0.793. The summed E-state index contributed by atoms with van der Waals surface area (Å²) in [5, 5.41) is 13.7. The van der Waals surface area contributed by atoms with Crippen molar-refractivity contribution in [3.8, 4) is 0 Å². The van der Waals surface area contributed by atoms with Gasteiger partial charge >= 0.3 is 12.0 Å². The Bertz CT molecular complexity index is 494. The van der Waals surface area contributed by atoms with Crippen molar-refractivity contribution >= 4 is 33.6 Å². The van der Waals surface area contributed by atoms with Gasteiger partial charge in [-0.2, -0.15) is 0 Å². The number of benzene rings is 1. The summed E-state index contributed by atoms with van der Waals surface area (Å²) >= 11 is 3.10. The molecule has 0 fully saturated rings. The molecule has 104 valence electrons. The van der Waals surface area contributed by atoms with Crippen LogP contribution >= 0.6 is 15.9 Å². The third-order valence-electron chi connectivity index (χ3n) is 2.40. The fourth-order valence-corrected chi connectivity index (χ4v) is 1.85. The zero-order chi connectivity index (χ0) is 14.6. The van der Waals surface area contributed by atoms with Gasteiger partial charge in [-0.1, -0.05) is 13.8 Å². The number of rotatable bonds is 4. The van der Waals surface area contributed by atoms with Crippen LogP contribution < -0.4 is 10.6 Å². The van der Waals surface area contributed by atoms with E-state index in [9.17, 15) is 14.0 Å². The fraction of sp³-hybridized carbons (Fsp3) is 0.333. The molecule has 0 saturated carbocycles. The van der Waals surface area contributed by atoms with Crippen molar-refractivity contribution in [2.45, 2.75) is 19.9 Å². The molecule has 5 nitrogen and oxygen atoms in total. The molecule has 0 saturated heterocycles. The van der Waals surface area contributed by atoms with Crippen LogP contribution in [0.3, 0.4) is 0 Å². The first-order valence-corrected chi connectivity index (χ1v) is 6.36.